The Balaban J connectivity index is 2.23. The Morgan fingerprint density at radius 2 is 1.95 bits per heavy atom. The summed E-state index contributed by atoms with van der Waals surface area (Å²) in [5.74, 6) is -0.395. The van der Waals surface area contributed by atoms with Gasteiger partial charge >= 0.3 is 0 Å². The van der Waals surface area contributed by atoms with Crippen LogP contribution in [0, 0.1) is 0 Å². The fourth-order valence-electron chi connectivity index (χ4n) is 1.63. The molecule has 0 unspecified atom stereocenters. The number of carbonyl (C=O) groups excluding carboxylic acids is 1. The molecule has 0 aliphatic carbocycles. The Kier molecular flexibility index (Phi) is 4.47. The SMILES string of the molecule is CN(C)c1cccc(NC(=O)c2nc(Cl)ccc2Cl)c1. The molecule has 6 heteroatoms. The van der Waals surface area contributed by atoms with Crippen LogP contribution in [-0.4, -0.2) is 25.0 Å². The van der Waals surface area contributed by atoms with Crippen molar-refractivity contribution in [3.05, 3.63) is 52.3 Å². The van der Waals surface area contributed by atoms with Crippen LogP contribution in [0.5, 0.6) is 0 Å². The van der Waals surface area contributed by atoms with E-state index < -0.39 is 5.91 Å². The van der Waals surface area contributed by atoms with Crippen molar-refractivity contribution in [3.63, 3.8) is 0 Å². The first-order valence-electron chi connectivity index (χ1n) is 5.88. The van der Waals surface area contributed by atoms with Crippen molar-refractivity contribution in [2.24, 2.45) is 0 Å². The van der Waals surface area contributed by atoms with Crippen LogP contribution in [0.2, 0.25) is 10.2 Å². The highest BCUT2D eigenvalue weighted by molar-refractivity contribution is 6.35. The summed E-state index contributed by atoms with van der Waals surface area (Å²) in [6.07, 6.45) is 0. The Hall–Kier alpha value is -1.78. The molecule has 0 aliphatic heterocycles. The molecule has 4 nitrogen and oxygen atoms in total. The quantitative estimate of drug-likeness (QED) is 0.879. The first-order chi connectivity index (χ1) is 9.47. The van der Waals surface area contributed by atoms with Gasteiger partial charge in [-0.3, -0.25) is 4.79 Å². The summed E-state index contributed by atoms with van der Waals surface area (Å²) in [6.45, 7) is 0. The van der Waals surface area contributed by atoms with E-state index in [-0.39, 0.29) is 15.9 Å². The largest absolute Gasteiger partial charge is 0.378 e. The van der Waals surface area contributed by atoms with E-state index in [1.54, 1.807) is 12.1 Å². The van der Waals surface area contributed by atoms with Gasteiger partial charge in [-0.25, -0.2) is 4.98 Å². The van der Waals surface area contributed by atoms with Crippen molar-refractivity contribution < 1.29 is 4.79 Å². The van der Waals surface area contributed by atoms with Gasteiger partial charge in [0.05, 0.1) is 5.02 Å². The van der Waals surface area contributed by atoms with Gasteiger partial charge in [0, 0.05) is 25.5 Å². The number of halogens is 2. The fourth-order valence-corrected chi connectivity index (χ4v) is 1.97. The number of pyridine rings is 1. The third-order valence-electron chi connectivity index (χ3n) is 2.65. The first kappa shape index (κ1) is 14.6. The molecule has 0 atom stereocenters. The second-order valence-electron chi connectivity index (χ2n) is 4.36. The van der Waals surface area contributed by atoms with E-state index in [4.69, 9.17) is 23.2 Å². The minimum Gasteiger partial charge on any atom is -0.378 e. The maximum absolute atomic E-state index is 12.1. The number of anilines is 2. The first-order valence-corrected chi connectivity index (χ1v) is 6.64. The molecule has 0 spiro atoms. The molecule has 1 N–H and O–H groups in total. The lowest BCUT2D eigenvalue weighted by atomic mass is 10.2. The minimum atomic E-state index is -0.395. The van der Waals surface area contributed by atoms with Crippen molar-refractivity contribution in [2.45, 2.75) is 0 Å². The van der Waals surface area contributed by atoms with Crippen molar-refractivity contribution in [2.75, 3.05) is 24.3 Å². The van der Waals surface area contributed by atoms with Gasteiger partial charge in [0.1, 0.15) is 10.8 Å². The van der Waals surface area contributed by atoms with Crippen LogP contribution >= 0.6 is 23.2 Å². The summed E-state index contributed by atoms with van der Waals surface area (Å²) in [4.78, 5) is 18.0. The van der Waals surface area contributed by atoms with Gasteiger partial charge in [-0.1, -0.05) is 29.3 Å². The molecule has 104 valence electrons. The molecule has 0 aliphatic rings. The maximum atomic E-state index is 12.1. The van der Waals surface area contributed by atoms with Gasteiger partial charge in [-0.15, -0.1) is 0 Å². The van der Waals surface area contributed by atoms with Gasteiger partial charge in [0.2, 0.25) is 0 Å². The monoisotopic (exact) mass is 309 g/mol. The molecule has 0 saturated carbocycles. The molecule has 0 bridgehead atoms. The topological polar surface area (TPSA) is 45.2 Å². The molecular formula is C14H13Cl2N3O. The third kappa shape index (κ3) is 3.40. The van der Waals surface area contributed by atoms with Crippen molar-refractivity contribution >= 4 is 40.5 Å². The molecule has 20 heavy (non-hydrogen) atoms. The van der Waals surface area contributed by atoms with E-state index in [0.717, 1.165) is 5.69 Å². The highest BCUT2D eigenvalue weighted by Gasteiger charge is 2.13. The summed E-state index contributed by atoms with van der Waals surface area (Å²) < 4.78 is 0. The molecule has 0 saturated heterocycles. The van der Waals surface area contributed by atoms with Crippen LogP contribution in [0.1, 0.15) is 10.5 Å². The van der Waals surface area contributed by atoms with E-state index in [0.29, 0.717) is 5.69 Å². The fraction of sp³-hybridized carbons (Fsp3) is 0.143. The Morgan fingerprint density at radius 3 is 2.65 bits per heavy atom. The predicted molar refractivity (Wildman–Crippen MR) is 83.0 cm³/mol. The van der Waals surface area contributed by atoms with E-state index >= 15 is 0 Å². The zero-order valence-corrected chi connectivity index (χ0v) is 12.5. The lowest BCUT2D eigenvalue weighted by Crippen LogP contribution is -2.15. The van der Waals surface area contributed by atoms with Crippen molar-refractivity contribution in [1.29, 1.82) is 0 Å². The predicted octanol–water partition coefficient (Wildman–Crippen LogP) is 3.71. The van der Waals surface area contributed by atoms with Crippen LogP contribution in [0.3, 0.4) is 0 Å². The van der Waals surface area contributed by atoms with Crippen LogP contribution < -0.4 is 10.2 Å². The molecule has 2 aromatic rings. The van der Waals surface area contributed by atoms with E-state index in [1.165, 1.54) is 6.07 Å². The van der Waals surface area contributed by atoms with Gasteiger partial charge < -0.3 is 10.2 Å². The number of nitrogens with one attached hydrogen (secondary N) is 1. The average molecular weight is 310 g/mol. The number of nitrogens with zero attached hydrogens (tertiary/aromatic N) is 2. The van der Waals surface area contributed by atoms with Crippen LogP contribution in [0.25, 0.3) is 0 Å². The number of benzene rings is 1. The zero-order chi connectivity index (χ0) is 14.7. The second kappa shape index (κ2) is 6.11. The van der Waals surface area contributed by atoms with Crippen molar-refractivity contribution in [1.82, 2.24) is 4.98 Å². The summed E-state index contributed by atoms with van der Waals surface area (Å²) in [7, 11) is 3.85. The lowest BCUT2D eigenvalue weighted by Gasteiger charge is -2.14. The number of carbonyl (C=O) groups is 1. The van der Waals surface area contributed by atoms with Crippen LogP contribution in [0.15, 0.2) is 36.4 Å². The number of rotatable bonds is 3. The Morgan fingerprint density at radius 1 is 1.20 bits per heavy atom. The maximum Gasteiger partial charge on any atom is 0.275 e. The van der Waals surface area contributed by atoms with E-state index in [1.807, 2.05) is 37.2 Å². The van der Waals surface area contributed by atoms with Gasteiger partial charge in [0.25, 0.3) is 5.91 Å². The molecule has 1 amide bonds. The molecule has 0 radical (unpaired) electrons. The molecule has 2 rings (SSSR count). The second-order valence-corrected chi connectivity index (χ2v) is 5.16. The highest BCUT2D eigenvalue weighted by atomic mass is 35.5. The van der Waals surface area contributed by atoms with Crippen LogP contribution in [0.4, 0.5) is 11.4 Å². The van der Waals surface area contributed by atoms with Gasteiger partial charge in [-0.05, 0) is 30.3 Å². The highest BCUT2D eigenvalue weighted by Crippen LogP contribution is 2.21. The third-order valence-corrected chi connectivity index (χ3v) is 3.16. The normalized spacial score (nSPS) is 10.2. The van der Waals surface area contributed by atoms with Gasteiger partial charge in [0.15, 0.2) is 0 Å². The standard InChI is InChI=1S/C14H13Cl2N3O/c1-19(2)10-5-3-4-9(8-10)17-14(20)13-11(15)6-7-12(16)18-13/h3-8H,1-2H3,(H,17,20). The Bertz CT molecular complexity index is 644. The number of amides is 1. The summed E-state index contributed by atoms with van der Waals surface area (Å²) >= 11 is 11.7. The minimum absolute atomic E-state index is 0.106. The zero-order valence-electron chi connectivity index (χ0n) is 11.0. The molecule has 1 aromatic carbocycles. The number of aromatic nitrogens is 1. The smallest absolute Gasteiger partial charge is 0.275 e. The Labute approximate surface area is 127 Å². The lowest BCUT2D eigenvalue weighted by molar-refractivity contribution is 0.102. The van der Waals surface area contributed by atoms with Gasteiger partial charge in [-0.2, -0.15) is 0 Å². The molecule has 1 aromatic heterocycles. The summed E-state index contributed by atoms with van der Waals surface area (Å²) in [6, 6.07) is 10.5. The average Bonchev–Trinajstić information content (AvgIpc) is 2.41. The summed E-state index contributed by atoms with van der Waals surface area (Å²) in [5, 5.41) is 3.23. The van der Waals surface area contributed by atoms with E-state index in [9.17, 15) is 4.79 Å². The molecule has 1 heterocycles. The molecular weight excluding hydrogens is 297 g/mol. The number of hydrogen-bond donors (Lipinski definition) is 1. The van der Waals surface area contributed by atoms with Crippen LogP contribution in [-0.2, 0) is 0 Å². The molecule has 0 fully saturated rings. The summed E-state index contributed by atoms with van der Waals surface area (Å²) in [5.41, 5.74) is 1.75. The van der Waals surface area contributed by atoms with Crippen molar-refractivity contribution in [3.8, 4) is 0 Å². The van der Waals surface area contributed by atoms with E-state index in [2.05, 4.69) is 10.3 Å². The number of hydrogen-bond acceptors (Lipinski definition) is 3.